The fraction of sp³-hybridized carbons (Fsp3) is 0.231. The van der Waals surface area contributed by atoms with Crippen molar-refractivity contribution in [2.45, 2.75) is 18.9 Å². The summed E-state index contributed by atoms with van der Waals surface area (Å²) in [6, 6.07) is 8.38. The Morgan fingerprint density at radius 3 is 3.00 bits per heavy atom. The van der Waals surface area contributed by atoms with Gasteiger partial charge in [0.05, 0.1) is 10.2 Å². The molecule has 0 aliphatic heterocycles. The maximum atomic E-state index is 11.5. The van der Waals surface area contributed by atoms with Crippen molar-refractivity contribution in [3.63, 3.8) is 0 Å². The average molecular weight is 244 g/mol. The lowest BCUT2D eigenvalue weighted by Gasteiger charge is -1.95. The van der Waals surface area contributed by atoms with Gasteiger partial charge in [0, 0.05) is 12.1 Å². The van der Waals surface area contributed by atoms with Crippen LogP contribution in [0.4, 0.5) is 0 Å². The summed E-state index contributed by atoms with van der Waals surface area (Å²) in [4.78, 5) is 15.9. The zero-order valence-corrected chi connectivity index (χ0v) is 10.0. The van der Waals surface area contributed by atoms with E-state index in [0.717, 1.165) is 28.1 Å². The number of nitrogens with zero attached hydrogens (tertiary/aromatic N) is 1. The summed E-state index contributed by atoms with van der Waals surface area (Å²) in [6.45, 7) is 0. The van der Waals surface area contributed by atoms with Crippen LogP contribution in [0.5, 0.6) is 0 Å². The minimum absolute atomic E-state index is 0.0215. The number of amides is 1. The smallest absolute Gasteiger partial charge is 0.244 e. The van der Waals surface area contributed by atoms with Crippen molar-refractivity contribution in [3.05, 3.63) is 35.3 Å². The molecule has 1 aromatic carbocycles. The number of hydrogen-bond acceptors (Lipinski definition) is 3. The van der Waals surface area contributed by atoms with E-state index in [2.05, 4.69) is 10.3 Å². The lowest BCUT2D eigenvalue weighted by molar-refractivity contribution is -0.116. The molecule has 0 radical (unpaired) electrons. The first-order valence-electron chi connectivity index (χ1n) is 5.65. The largest absolute Gasteiger partial charge is 0.350 e. The van der Waals surface area contributed by atoms with Crippen LogP contribution in [0, 0.1) is 0 Å². The van der Waals surface area contributed by atoms with E-state index >= 15 is 0 Å². The first kappa shape index (κ1) is 10.5. The minimum atomic E-state index is -0.0215. The molecule has 0 saturated heterocycles. The first-order valence-corrected chi connectivity index (χ1v) is 6.47. The number of aromatic nitrogens is 1. The molecular weight excluding hydrogens is 232 g/mol. The number of nitrogens with one attached hydrogen (secondary N) is 1. The number of benzene rings is 1. The highest BCUT2D eigenvalue weighted by molar-refractivity contribution is 7.19. The molecule has 0 spiro atoms. The summed E-state index contributed by atoms with van der Waals surface area (Å²) in [5.41, 5.74) is 0.986. The normalized spacial score (nSPS) is 15.5. The molecule has 0 atom stereocenters. The van der Waals surface area contributed by atoms with E-state index in [1.807, 2.05) is 24.3 Å². The molecule has 1 saturated carbocycles. The van der Waals surface area contributed by atoms with Crippen LogP contribution in [0.15, 0.2) is 30.3 Å². The Morgan fingerprint density at radius 2 is 2.24 bits per heavy atom. The Hall–Kier alpha value is -1.68. The number of carbonyl (C=O) groups is 1. The Labute approximate surface area is 103 Å². The third-order valence-electron chi connectivity index (χ3n) is 2.61. The molecule has 1 aromatic heterocycles. The molecule has 1 fully saturated rings. The van der Waals surface area contributed by atoms with Crippen LogP contribution in [0.3, 0.4) is 0 Å². The number of carbonyl (C=O) groups excluding carboxylic acids is 1. The highest BCUT2D eigenvalue weighted by Crippen LogP contribution is 2.22. The molecule has 3 rings (SSSR count). The van der Waals surface area contributed by atoms with E-state index in [0.29, 0.717) is 6.04 Å². The number of para-hydroxylation sites is 1. The van der Waals surface area contributed by atoms with E-state index in [4.69, 9.17) is 0 Å². The molecule has 3 nitrogen and oxygen atoms in total. The fourth-order valence-corrected chi connectivity index (χ4v) is 2.46. The van der Waals surface area contributed by atoms with Gasteiger partial charge in [0.1, 0.15) is 5.01 Å². The van der Waals surface area contributed by atoms with E-state index < -0.39 is 0 Å². The van der Waals surface area contributed by atoms with Crippen molar-refractivity contribution in [1.29, 1.82) is 0 Å². The van der Waals surface area contributed by atoms with Gasteiger partial charge in [-0.05, 0) is 31.1 Å². The van der Waals surface area contributed by atoms with Crippen LogP contribution < -0.4 is 5.32 Å². The standard InChI is InChI=1S/C13H12N2OS/c16-12(14-9-5-6-9)7-8-13-15-10-3-1-2-4-11(10)17-13/h1-4,7-9H,5-6H2,(H,14,16). The summed E-state index contributed by atoms with van der Waals surface area (Å²) in [5, 5.41) is 3.78. The van der Waals surface area contributed by atoms with Gasteiger partial charge in [-0.1, -0.05) is 12.1 Å². The van der Waals surface area contributed by atoms with E-state index in [1.165, 1.54) is 0 Å². The highest BCUT2D eigenvalue weighted by Gasteiger charge is 2.22. The monoisotopic (exact) mass is 244 g/mol. The Kier molecular flexibility index (Phi) is 2.65. The van der Waals surface area contributed by atoms with E-state index in [9.17, 15) is 4.79 Å². The van der Waals surface area contributed by atoms with Gasteiger partial charge in [-0.3, -0.25) is 4.79 Å². The van der Waals surface area contributed by atoms with Gasteiger partial charge >= 0.3 is 0 Å². The lowest BCUT2D eigenvalue weighted by Crippen LogP contribution is -2.22. The van der Waals surface area contributed by atoms with Crippen molar-refractivity contribution in [2.24, 2.45) is 0 Å². The third-order valence-corrected chi connectivity index (χ3v) is 3.61. The van der Waals surface area contributed by atoms with Gasteiger partial charge < -0.3 is 5.32 Å². The second-order valence-electron chi connectivity index (χ2n) is 4.14. The molecule has 1 aliphatic carbocycles. The predicted molar refractivity (Wildman–Crippen MR) is 69.8 cm³/mol. The second-order valence-corrected chi connectivity index (χ2v) is 5.20. The van der Waals surface area contributed by atoms with Crippen LogP contribution >= 0.6 is 11.3 Å². The Balaban J connectivity index is 1.74. The molecule has 1 amide bonds. The topological polar surface area (TPSA) is 42.0 Å². The molecule has 1 aliphatic rings. The number of fused-ring (bicyclic) bond motifs is 1. The predicted octanol–water partition coefficient (Wildman–Crippen LogP) is 2.59. The van der Waals surface area contributed by atoms with Crippen molar-refractivity contribution in [1.82, 2.24) is 10.3 Å². The average Bonchev–Trinajstić information content (AvgIpc) is 3.03. The van der Waals surface area contributed by atoms with Crippen molar-refractivity contribution < 1.29 is 4.79 Å². The summed E-state index contributed by atoms with van der Waals surface area (Å²) < 4.78 is 1.15. The SMILES string of the molecule is O=C(C=Cc1nc2ccccc2s1)NC1CC1. The molecule has 1 heterocycles. The molecule has 1 N–H and O–H groups in total. The molecule has 86 valence electrons. The lowest BCUT2D eigenvalue weighted by atomic mass is 10.3. The quantitative estimate of drug-likeness (QED) is 0.843. The van der Waals surface area contributed by atoms with Crippen molar-refractivity contribution in [2.75, 3.05) is 0 Å². The zero-order chi connectivity index (χ0) is 11.7. The van der Waals surface area contributed by atoms with Gasteiger partial charge in [-0.15, -0.1) is 11.3 Å². The maximum absolute atomic E-state index is 11.5. The van der Waals surface area contributed by atoms with Crippen LogP contribution in [-0.2, 0) is 4.79 Å². The Morgan fingerprint density at radius 1 is 1.41 bits per heavy atom. The van der Waals surface area contributed by atoms with Gasteiger partial charge in [0.25, 0.3) is 0 Å². The molecule has 0 unspecified atom stereocenters. The number of rotatable bonds is 3. The van der Waals surface area contributed by atoms with Gasteiger partial charge in [0.15, 0.2) is 0 Å². The molecular formula is C13H12N2OS. The van der Waals surface area contributed by atoms with E-state index in [1.54, 1.807) is 23.5 Å². The summed E-state index contributed by atoms with van der Waals surface area (Å²) in [5.74, 6) is -0.0215. The molecule has 2 aromatic rings. The minimum Gasteiger partial charge on any atom is -0.350 e. The van der Waals surface area contributed by atoms with Crippen LogP contribution in [0.2, 0.25) is 0 Å². The summed E-state index contributed by atoms with van der Waals surface area (Å²) >= 11 is 1.60. The van der Waals surface area contributed by atoms with Gasteiger partial charge in [-0.25, -0.2) is 4.98 Å². The van der Waals surface area contributed by atoms with Crippen molar-refractivity contribution in [3.8, 4) is 0 Å². The zero-order valence-electron chi connectivity index (χ0n) is 9.22. The molecule has 4 heteroatoms. The van der Waals surface area contributed by atoms with Crippen LogP contribution in [0.1, 0.15) is 17.8 Å². The van der Waals surface area contributed by atoms with Gasteiger partial charge in [0.2, 0.25) is 5.91 Å². The van der Waals surface area contributed by atoms with Crippen LogP contribution in [-0.4, -0.2) is 16.9 Å². The second kappa shape index (κ2) is 4.30. The van der Waals surface area contributed by atoms with E-state index in [-0.39, 0.29) is 5.91 Å². The number of hydrogen-bond donors (Lipinski definition) is 1. The van der Waals surface area contributed by atoms with Crippen LogP contribution in [0.25, 0.3) is 16.3 Å². The third kappa shape index (κ3) is 2.53. The summed E-state index contributed by atoms with van der Waals surface area (Å²) in [6.07, 6.45) is 5.57. The maximum Gasteiger partial charge on any atom is 0.244 e. The van der Waals surface area contributed by atoms with Crippen molar-refractivity contribution >= 4 is 33.5 Å². The highest BCUT2D eigenvalue weighted by atomic mass is 32.1. The summed E-state index contributed by atoms with van der Waals surface area (Å²) in [7, 11) is 0. The van der Waals surface area contributed by atoms with Gasteiger partial charge in [-0.2, -0.15) is 0 Å². The molecule has 0 bridgehead atoms. The first-order chi connectivity index (χ1) is 8.31. The fourth-order valence-electron chi connectivity index (χ4n) is 1.59. The molecule has 17 heavy (non-hydrogen) atoms. The Bertz CT molecular complexity index is 551. The number of thiazole rings is 1.